The average Bonchev–Trinajstić information content (AvgIpc) is 2.54. The Morgan fingerprint density at radius 2 is 1.68 bits per heavy atom. The van der Waals surface area contributed by atoms with Crippen LogP contribution >= 0.6 is 11.8 Å². The summed E-state index contributed by atoms with van der Waals surface area (Å²) in [6.45, 7) is 7.63. The first-order valence-electron chi connectivity index (χ1n) is 8.20. The Bertz CT molecular complexity index is 514. The van der Waals surface area contributed by atoms with Gasteiger partial charge < -0.3 is 4.90 Å². The molecule has 0 N–H and O–H groups in total. The van der Waals surface area contributed by atoms with Gasteiger partial charge in [-0.2, -0.15) is 11.8 Å². The summed E-state index contributed by atoms with van der Waals surface area (Å²) in [4.78, 5) is 21.6. The van der Waals surface area contributed by atoms with Crippen LogP contribution in [0.25, 0.3) is 0 Å². The van der Waals surface area contributed by atoms with Gasteiger partial charge in [0.25, 0.3) is 5.91 Å². The molecule has 5 heteroatoms. The number of nitrogens with zero attached hydrogens (tertiary/aromatic N) is 3. The highest BCUT2D eigenvalue weighted by Gasteiger charge is 2.27. The molecule has 2 saturated heterocycles. The van der Waals surface area contributed by atoms with E-state index < -0.39 is 0 Å². The summed E-state index contributed by atoms with van der Waals surface area (Å²) >= 11 is 2.07. The van der Waals surface area contributed by atoms with Gasteiger partial charge in [0.2, 0.25) is 0 Å². The number of pyridine rings is 1. The third-order valence-corrected chi connectivity index (χ3v) is 5.69. The lowest BCUT2D eigenvalue weighted by molar-refractivity contribution is 0.0559. The molecule has 3 heterocycles. The zero-order valence-corrected chi connectivity index (χ0v) is 14.4. The number of piperazine rings is 1. The Balaban J connectivity index is 1.59. The number of rotatable bonds is 2. The van der Waals surface area contributed by atoms with Crippen LogP contribution in [-0.4, -0.2) is 64.4 Å². The van der Waals surface area contributed by atoms with Crippen molar-refractivity contribution in [2.24, 2.45) is 0 Å². The normalized spacial score (nSPS) is 21.1. The zero-order chi connectivity index (χ0) is 15.5. The molecule has 0 atom stereocenters. The molecule has 2 aliphatic rings. The first-order valence-corrected chi connectivity index (χ1v) is 9.35. The topological polar surface area (TPSA) is 36.4 Å². The molecule has 1 amide bonds. The van der Waals surface area contributed by atoms with E-state index in [4.69, 9.17) is 0 Å². The summed E-state index contributed by atoms with van der Waals surface area (Å²) in [7, 11) is 0. The molecule has 0 aromatic carbocycles. The molecule has 2 fully saturated rings. The van der Waals surface area contributed by atoms with Gasteiger partial charge in [-0.1, -0.05) is 0 Å². The molecule has 3 rings (SSSR count). The summed E-state index contributed by atoms with van der Waals surface area (Å²) < 4.78 is 0. The van der Waals surface area contributed by atoms with Gasteiger partial charge in [-0.05, 0) is 50.3 Å². The second-order valence-electron chi connectivity index (χ2n) is 6.31. The molecule has 0 bridgehead atoms. The molecule has 22 heavy (non-hydrogen) atoms. The molecule has 2 aliphatic heterocycles. The first-order chi connectivity index (χ1) is 10.6. The van der Waals surface area contributed by atoms with Gasteiger partial charge in [0.15, 0.2) is 0 Å². The number of aromatic nitrogens is 1. The largest absolute Gasteiger partial charge is 0.336 e. The second kappa shape index (κ2) is 7.01. The smallest absolute Gasteiger partial charge is 0.254 e. The van der Waals surface area contributed by atoms with Crippen LogP contribution < -0.4 is 0 Å². The van der Waals surface area contributed by atoms with Gasteiger partial charge >= 0.3 is 0 Å². The number of carbonyl (C=O) groups excluding carboxylic acids is 1. The molecule has 0 spiro atoms. The Morgan fingerprint density at radius 1 is 1.09 bits per heavy atom. The van der Waals surface area contributed by atoms with Crippen molar-refractivity contribution >= 4 is 17.7 Å². The standard InChI is InChI=1S/C17H25N3OS/c1-13-11-15(12-14(2)18-13)17(21)20-7-5-19(6-8-20)16-3-9-22-10-4-16/h11-12,16H,3-10H2,1-2H3. The number of hydrogen-bond acceptors (Lipinski definition) is 4. The Kier molecular flexibility index (Phi) is 5.03. The van der Waals surface area contributed by atoms with E-state index in [0.717, 1.165) is 49.2 Å². The molecule has 120 valence electrons. The molecule has 1 aromatic heterocycles. The molecule has 1 aromatic rings. The first kappa shape index (κ1) is 15.8. The number of aryl methyl sites for hydroxylation is 2. The molecule has 0 aliphatic carbocycles. The SMILES string of the molecule is Cc1cc(C(=O)N2CCN(C3CCSCC3)CC2)cc(C)n1. The van der Waals surface area contributed by atoms with Crippen LogP contribution in [0.15, 0.2) is 12.1 Å². The molecule has 0 radical (unpaired) electrons. The molecule has 0 saturated carbocycles. The van der Waals surface area contributed by atoms with E-state index in [1.807, 2.05) is 30.9 Å². The van der Waals surface area contributed by atoms with Crippen molar-refractivity contribution in [2.45, 2.75) is 32.7 Å². The maximum Gasteiger partial charge on any atom is 0.254 e. The van der Waals surface area contributed by atoms with E-state index in [-0.39, 0.29) is 5.91 Å². The van der Waals surface area contributed by atoms with Gasteiger partial charge in [0, 0.05) is 49.2 Å². The minimum Gasteiger partial charge on any atom is -0.336 e. The fourth-order valence-corrected chi connectivity index (χ4v) is 4.56. The average molecular weight is 319 g/mol. The van der Waals surface area contributed by atoms with Crippen LogP contribution in [0.5, 0.6) is 0 Å². The number of amides is 1. The van der Waals surface area contributed by atoms with Crippen molar-refractivity contribution in [2.75, 3.05) is 37.7 Å². The lowest BCUT2D eigenvalue weighted by Gasteiger charge is -2.40. The van der Waals surface area contributed by atoms with Crippen molar-refractivity contribution in [1.82, 2.24) is 14.8 Å². The zero-order valence-electron chi connectivity index (χ0n) is 13.5. The van der Waals surface area contributed by atoms with E-state index in [2.05, 4.69) is 21.6 Å². The third kappa shape index (κ3) is 3.63. The van der Waals surface area contributed by atoms with E-state index in [0.29, 0.717) is 0 Å². The number of hydrogen-bond donors (Lipinski definition) is 0. The highest BCUT2D eigenvalue weighted by atomic mass is 32.2. The van der Waals surface area contributed by atoms with E-state index in [1.54, 1.807) is 0 Å². The van der Waals surface area contributed by atoms with Crippen LogP contribution in [0, 0.1) is 13.8 Å². The van der Waals surface area contributed by atoms with Gasteiger partial charge in [0.1, 0.15) is 0 Å². The molecular weight excluding hydrogens is 294 g/mol. The fraction of sp³-hybridized carbons (Fsp3) is 0.647. The lowest BCUT2D eigenvalue weighted by atomic mass is 10.1. The van der Waals surface area contributed by atoms with Crippen LogP contribution in [0.1, 0.15) is 34.6 Å². The lowest BCUT2D eigenvalue weighted by Crippen LogP contribution is -2.52. The van der Waals surface area contributed by atoms with Crippen molar-refractivity contribution in [3.63, 3.8) is 0 Å². The molecule has 0 unspecified atom stereocenters. The Morgan fingerprint density at radius 3 is 2.27 bits per heavy atom. The van der Waals surface area contributed by atoms with Crippen LogP contribution in [0.4, 0.5) is 0 Å². The van der Waals surface area contributed by atoms with Gasteiger partial charge in [-0.3, -0.25) is 14.7 Å². The van der Waals surface area contributed by atoms with Crippen molar-refractivity contribution < 1.29 is 4.79 Å². The van der Waals surface area contributed by atoms with Crippen molar-refractivity contribution in [3.8, 4) is 0 Å². The maximum atomic E-state index is 12.7. The van der Waals surface area contributed by atoms with Gasteiger partial charge in [0.05, 0.1) is 0 Å². The monoisotopic (exact) mass is 319 g/mol. The summed E-state index contributed by atoms with van der Waals surface area (Å²) in [6.07, 6.45) is 2.61. The highest BCUT2D eigenvalue weighted by molar-refractivity contribution is 7.99. The number of thioether (sulfide) groups is 1. The van der Waals surface area contributed by atoms with Crippen molar-refractivity contribution in [1.29, 1.82) is 0 Å². The van der Waals surface area contributed by atoms with E-state index >= 15 is 0 Å². The summed E-state index contributed by atoms with van der Waals surface area (Å²) in [5.41, 5.74) is 2.62. The third-order valence-electron chi connectivity index (χ3n) is 4.64. The van der Waals surface area contributed by atoms with Gasteiger partial charge in [-0.25, -0.2) is 0 Å². The van der Waals surface area contributed by atoms with Gasteiger partial charge in [-0.15, -0.1) is 0 Å². The summed E-state index contributed by atoms with van der Waals surface area (Å²) in [6, 6.07) is 4.55. The Hall–Kier alpha value is -1.07. The predicted octanol–water partition coefficient (Wildman–Crippen LogP) is 2.35. The van der Waals surface area contributed by atoms with E-state index in [1.165, 1.54) is 24.3 Å². The quantitative estimate of drug-likeness (QED) is 0.838. The van der Waals surface area contributed by atoms with E-state index in [9.17, 15) is 4.79 Å². The minimum atomic E-state index is 0.160. The summed E-state index contributed by atoms with van der Waals surface area (Å²) in [5, 5.41) is 0. The predicted molar refractivity (Wildman–Crippen MR) is 91.5 cm³/mol. The second-order valence-corrected chi connectivity index (χ2v) is 7.54. The minimum absolute atomic E-state index is 0.160. The summed E-state index contributed by atoms with van der Waals surface area (Å²) in [5.74, 6) is 2.74. The highest BCUT2D eigenvalue weighted by Crippen LogP contribution is 2.23. The van der Waals surface area contributed by atoms with Crippen LogP contribution in [-0.2, 0) is 0 Å². The van der Waals surface area contributed by atoms with Crippen LogP contribution in [0.3, 0.4) is 0 Å². The number of carbonyl (C=O) groups is 1. The molecular formula is C17H25N3OS. The molecule has 4 nitrogen and oxygen atoms in total. The fourth-order valence-electron chi connectivity index (χ4n) is 3.48. The van der Waals surface area contributed by atoms with Crippen molar-refractivity contribution in [3.05, 3.63) is 29.1 Å². The van der Waals surface area contributed by atoms with Crippen LogP contribution in [0.2, 0.25) is 0 Å². The Labute approximate surface area is 137 Å². The maximum absolute atomic E-state index is 12.7.